The zero-order valence-electron chi connectivity index (χ0n) is 13.7. The first-order chi connectivity index (χ1) is 9.97. The fourth-order valence-corrected chi connectivity index (χ4v) is 4.38. The van der Waals surface area contributed by atoms with Gasteiger partial charge < -0.3 is 10.0 Å². The Kier molecular flexibility index (Phi) is 3.98. The molecule has 2 saturated heterocycles. The van der Waals surface area contributed by atoms with Gasteiger partial charge in [-0.1, -0.05) is 0 Å². The highest BCUT2D eigenvalue weighted by atomic mass is 16.3. The molecule has 0 unspecified atom stereocenters. The summed E-state index contributed by atoms with van der Waals surface area (Å²) >= 11 is 0. The average Bonchev–Trinajstić information content (AvgIpc) is 2.75. The van der Waals surface area contributed by atoms with Gasteiger partial charge >= 0.3 is 0 Å². The van der Waals surface area contributed by atoms with E-state index in [1.807, 2.05) is 12.1 Å². The Hall–Kier alpha value is -1.06. The van der Waals surface area contributed by atoms with Crippen LogP contribution in [0.2, 0.25) is 0 Å². The van der Waals surface area contributed by atoms with Gasteiger partial charge in [-0.3, -0.25) is 4.90 Å². The molecular weight excluding hydrogens is 260 g/mol. The lowest BCUT2D eigenvalue weighted by molar-refractivity contribution is 0.0897. The molecule has 2 aliphatic heterocycles. The first-order valence-corrected chi connectivity index (χ1v) is 8.17. The van der Waals surface area contributed by atoms with Crippen LogP contribution in [0.1, 0.15) is 36.0 Å². The van der Waals surface area contributed by atoms with Crippen LogP contribution >= 0.6 is 0 Å². The number of phenols is 1. The van der Waals surface area contributed by atoms with Gasteiger partial charge in [0.1, 0.15) is 5.75 Å². The van der Waals surface area contributed by atoms with Crippen LogP contribution < -0.4 is 0 Å². The molecule has 0 amide bonds. The molecular formula is C18H28N2O. The third-order valence-corrected chi connectivity index (χ3v) is 5.43. The lowest BCUT2D eigenvalue weighted by atomic mass is 9.79. The van der Waals surface area contributed by atoms with E-state index in [4.69, 9.17) is 0 Å². The number of aryl methyl sites for hydroxylation is 2. The average molecular weight is 288 g/mol. The minimum absolute atomic E-state index is 0.390. The van der Waals surface area contributed by atoms with Crippen molar-refractivity contribution in [3.63, 3.8) is 0 Å². The van der Waals surface area contributed by atoms with Gasteiger partial charge in [0.15, 0.2) is 0 Å². The Morgan fingerprint density at radius 3 is 2.43 bits per heavy atom. The number of piperidine rings is 1. The topological polar surface area (TPSA) is 26.7 Å². The van der Waals surface area contributed by atoms with Crippen LogP contribution in [0.25, 0.3) is 0 Å². The van der Waals surface area contributed by atoms with Crippen LogP contribution in [0.5, 0.6) is 5.75 Å². The molecule has 1 aromatic carbocycles. The number of phenolic OH excluding ortho intramolecular Hbond substituents is 1. The molecule has 2 aliphatic rings. The second-order valence-corrected chi connectivity index (χ2v) is 7.36. The van der Waals surface area contributed by atoms with Gasteiger partial charge in [0.2, 0.25) is 0 Å². The Bertz CT molecular complexity index is 501. The highest BCUT2D eigenvalue weighted by molar-refractivity contribution is 5.40. The maximum atomic E-state index is 9.70. The second-order valence-electron chi connectivity index (χ2n) is 7.36. The molecule has 1 N–H and O–H groups in total. The SMILES string of the molecule is Cc1cc(O)cc(C)c1CN1CCC[C@]2(CCN(C)C2)C1. The van der Waals surface area contributed by atoms with Crippen LogP contribution in [-0.4, -0.2) is 48.1 Å². The van der Waals surface area contributed by atoms with E-state index in [1.54, 1.807) is 0 Å². The third kappa shape index (κ3) is 3.09. The highest BCUT2D eigenvalue weighted by Crippen LogP contribution is 2.39. The molecule has 0 aliphatic carbocycles. The minimum atomic E-state index is 0.390. The number of aromatic hydroxyl groups is 1. The van der Waals surface area contributed by atoms with Crippen LogP contribution in [0, 0.1) is 19.3 Å². The second kappa shape index (κ2) is 5.62. The summed E-state index contributed by atoms with van der Waals surface area (Å²) in [7, 11) is 2.25. The summed E-state index contributed by atoms with van der Waals surface area (Å²) < 4.78 is 0. The zero-order valence-corrected chi connectivity index (χ0v) is 13.7. The van der Waals surface area contributed by atoms with E-state index in [-0.39, 0.29) is 0 Å². The molecule has 0 bridgehead atoms. The Morgan fingerprint density at radius 1 is 1.10 bits per heavy atom. The molecule has 1 atom stereocenters. The van der Waals surface area contributed by atoms with Gasteiger partial charge in [-0.2, -0.15) is 0 Å². The van der Waals surface area contributed by atoms with Gasteiger partial charge in [0, 0.05) is 19.6 Å². The Labute approximate surface area is 128 Å². The van der Waals surface area contributed by atoms with E-state index in [1.165, 1.54) is 62.1 Å². The van der Waals surface area contributed by atoms with E-state index in [0.717, 1.165) is 6.54 Å². The normalized spacial score (nSPS) is 27.6. The van der Waals surface area contributed by atoms with Crippen molar-refractivity contribution in [2.75, 3.05) is 33.2 Å². The number of benzene rings is 1. The van der Waals surface area contributed by atoms with Crippen molar-refractivity contribution < 1.29 is 5.11 Å². The lowest BCUT2D eigenvalue weighted by Gasteiger charge is -2.40. The van der Waals surface area contributed by atoms with Crippen molar-refractivity contribution >= 4 is 0 Å². The molecule has 0 radical (unpaired) electrons. The molecule has 1 aromatic rings. The summed E-state index contributed by atoms with van der Waals surface area (Å²) in [5.74, 6) is 0.390. The van der Waals surface area contributed by atoms with Crippen molar-refractivity contribution in [3.05, 3.63) is 28.8 Å². The van der Waals surface area contributed by atoms with Crippen molar-refractivity contribution in [2.45, 2.75) is 39.7 Å². The molecule has 116 valence electrons. The molecule has 3 nitrogen and oxygen atoms in total. The predicted octanol–water partition coefficient (Wildman–Crippen LogP) is 2.93. The summed E-state index contributed by atoms with van der Waals surface area (Å²) in [5, 5.41) is 9.70. The summed E-state index contributed by atoms with van der Waals surface area (Å²) in [4.78, 5) is 5.12. The summed E-state index contributed by atoms with van der Waals surface area (Å²) in [6.45, 7) is 10.2. The van der Waals surface area contributed by atoms with Crippen LogP contribution in [-0.2, 0) is 6.54 Å². The molecule has 2 heterocycles. The predicted molar refractivity (Wildman–Crippen MR) is 86.6 cm³/mol. The quantitative estimate of drug-likeness (QED) is 0.906. The maximum absolute atomic E-state index is 9.70. The smallest absolute Gasteiger partial charge is 0.116 e. The van der Waals surface area contributed by atoms with E-state index >= 15 is 0 Å². The van der Waals surface area contributed by atoms with Crippen LogP contribution in [0.15, 0.2) is 12.1 Å². The highest BCUT2D eigenvalue weighted by Gasteiger charge is 2.40. The number of likely N-dealkylation sites (tertiary alicyclic amines) is 2. The van der Waals surface area contributed by atoms with Crippen molar-refractivity contribution in [2.24, 2.45) is 5.41 Å². The van der Waals surface area contributed by atoms with E-state index in [9.17, 15) is 5.11 Å². The van der Waals surface area contributed by atoms with Crippen molar-refractivity contribution in [3.8, 4) is 5.75 Å². The molecule has 2 fully saturated rings. The van der Waals surface area contributed by atoms with E-state index in [2.05, 4.69) is 30.7 Å². The van der Waals surface area contributed by atoms with E-state index < -0.39 is 0 Å². The molecule has 0 saturated carbocycles. The standard InChI is InChI=1S/C18H28N2O/c1-14-9-16(21)10-15(2)17(14)11-20-7-4-5-18(13-20)6-8-19(3)12-18/h9-10,21H,4-8,11-13H2,1-3H3/t18-/m1/s1. The van der Waals surface area contributed by atoms with Gasteiger partial charge in [-0.25, -0.2) is 0 Å². The summed E-state index contributed by atoms with van der Waals surface area (Å²) in [6, 6.07) is 3.79. The first-order valence-electron chi connectivity index (χ1n) is 8.17. The Balaban J connectivity index is 1.73. The number of nitrogens with zero attached hydrogens (tertiary/aromatic N) is 2. The van der Waals surface area contributed by atoms with Crippen molar-refractivity contribution in [1.29, 1.82) is 0 Å². The molecule has 0 aromatic heterocycles. The number of hydrogen-bond donors (Lipinski definition) is 1. The van der Waals surface area contributed by atoms with Crippen molar-refractivity contribution in [1.82, 2.24) is 9.80 Å². The zero-order chi connectivity index (χ0) is 15.0. The van der Waals surface area contributed by atoms with Gasteiger partial charge in [0.05, 0.1) is 0 Å². The molecule has 3 heteroatoms. The first kappa shape index (κ1) is 14.9. The molecule has 3 rings (SSSR count). The van der Waals surface area contributed by atoms with Gasteiger partial charge in [0.25, 0.3) is 0 Å². The maximum Gasteiger partial charge on any atom is 0.116 e. The van der Waals surface area contributed by atoms with Gasteiger partial charge in [-0.05, 0) is 87.5 Å². The Morgan fingerprint density at radius 2 is 1.81 bits per heavy atom. The number of rotatable bonds is 2. The van der Waals surface area contributed by atoms with E-state index in [0.29, 0.717) is 11.2 Å². The third-order valence-electron chi connectivity index (χ3n) is 5.43. The summed E-state index contributed by atoms with van der Waals surface area (Å²) in [5.41, 5.74) is 4.37. The minimum Gasteiger partial charge on any atom is -0.508 e. The molecule has 21 heavy (non-hydrogen) atoms. The fourth-order valence-electron chi connectivity index (χ4n) is 4.38. The number of hydrogen-bond acceptors (Lipinski definition) is 3. The fraction of sp³-hybridized carbons (Fsp3) is 0.667. The lowest BCUT2D eigenvalue weighted by Crippen LogP contribution is -2.44. The van der Waals surface area contributed by atoms with Crippen LogP contribution in [0.4, 0.5) is 0 Å². The monoisotopic (exact) mass is 288 g/mol. The summed E-state index contributed by atoms with van der Waals surface area (Å²) in [6.07, 6.45) is 4.07. The molecule has 1 spiro atoms. The van der Waals surface area contributed by atoms with Gasteiger partial charge in [-0.15, -0.1) is 0 Å². The largest absolute Gasteiger partial charge is 0.508 e. The van der Waals surface area contributed by atoms with Crippen LogP contribution in [0.3, 0.4) is 0 Å².